The summed E-state index contributed by atoms with van der Waals surface area (Å²) in [5.41, 5.74) is 1.13. The van der Waals surface area contributed by atoms with E-state index >= 15 is 0 Å². The van der Waals surface area contributed by atoms with Crippen molar-refractivity contribution >= 4 is 21.6 Å². The average molecular weight is 394 g/mol. The molecule has 7 heteroatoms. The van der Waals surface area contributed by atoms with Crippen molar-refractivity contribution < 1.29 is 18.9 Å². The van der Waals surface area contributed by atoms with Crippen LogP contribution in [0.25, 0.3) is 0 Å². The van der Waals surface area contributed by atoms with Crippen molar-refractivity contribution in [2.45, 2.75) is 37.4 Å². The summed E-state index contributed by atoms with van der Waals surface area (Å²) in [6.07, 6.45) is 6.34. The van der Waals surface area contributed by atoms with Crippen molar-refractivity contribution in [1.82, 2.24) is 5.32 Å². The van der Waals surface area contributed by atoms with Gasteiger partial charge in [0.25, 0.3) is 0 Å². The Hall–Kier alpha value is 0.0800. The van der Waals surface area contributed by atoms with E-state index in [1.165, 1.54) is 31.4 Å². The highest BCUT2D eigenvalue weighted by Gasteiger charge is 2.15. The molecule has 0 amide bonds. The molecule has 0 saturated carbocycles. The summed E-state index contributed by atoms with van der Waals surface area (Å²) in [6, 6.07) is 0. The number of nitrogens with one attached hydrogen (secondary N) is 1. The maximum atomic E-state index is 5.53. The van der Waals surface area contributed by atoms with E-state index in [1.54, 1.807) is 7.11 Å². The Bertz CT molecular complexity index is 315. The third kappa shape index (κ3) is 14.9. The predicted molar refractivity (Wildman–Crippen MR) is 108 cm³/mol. The fraction of sp³-hybridized carbons (Fsp3) is 0.889. The number of hydrogen-bond acceptors (Lipinski definition) is 7. The van der Waals surface area contributed by atoms with E-state index in [2.05, 4.69) is 22.7 Å². The van der Waals surface area contributed by atoms with Crippen molar-refractivity contribution in [3.05, 3.63) is 12.3 Å². The molecule has 0 radical (unpaired) electrons. The van der Waals surface area contributed by atoms with Gasteiger partial charge in [0, 0.05) is 30.4 Å². The van der Waals surface area contributed by atoms with Gasteiger partial charge in [-0.3, -0.25) is 0 Å². The zero-order chi connectivity index (χ0) is 18.0. The molecule has 1 fully saturated rings. The highest BCUT2D eigenvalue weighted by Crippen LogP contribution is 2.39. The molecule has 0 aromatic heterocycles. The summed E-state index contributed by atoms with van der Waals surface area (Å²) < 4.78 is 21.1. The molecular weight excluding hydrogens is 358 g/mol. The second-order valence-electron chi connectivity index (χ2n) is 5.93. The van der Waals surface area contributed by atoms with E-state index in [0.717, 1.165) is 23.9 Å². The van der Waals surface area contributed by atoms with Gasteiger partial charge in [-0.05, 0) is 25.7 Å². The number of rotatable bonds is 18. The molecule has 148 valence electrons. The van der Waals surface area contributed by atoms with Crippen molar-refractivity contribution in [2.24, 2.45) is 0 Å². The number of methoxy groups -OCH3 is 1. The molecule has 25 heavy (non-hydrogen) atoms. The second-order valence-corrected chi connectivity index (χ2v) is 8.72. The Morgan fingerprint density at radius 2 is 1.68 bits per heavy atom. The minimum absolute atomic E-state index is 0.597. The molecule has 1 saturated heterocycles. The first-order valence-corrected chi connectivity index (χ1v) is 11.6. The van der Waals surface area contributed by atoms with Crippen LogP contribution in [0.15, 0.2) is 12.3 Å². The SMILES string of the molecule is C=C(CCCCC1CCSS1)NCCOCCOCCOCCOC. The van der Waals surface area contributed by atoms with Gasteiger partial charge in [-0.25, -0.2) is 0 Å². The predicted octanol–water partition coefficient (Wildman–Crippen LogP) is 3.50. The number of ether oxygens (including phenoxy) is 4. The lowest BCUT2D eigenvalue weighted by Gasteiger charge is -2.11. The molecule has 0 aromatic rings. The summed E-state index contributed by atoms with van der Waals surface area (Å²) in [6.45, 7) is 9.24. The lowest BCUT2D eigenvalue weighted by atomic mass is 10.1. The second kappa shape index (κ2) is 17.5. The molecule has 0 spiro atoms. The Morgan fingerprint density at radius 1 is 1.00 bits per heavy atom. The van der Waals surface area contributed by atoms with Crippen LogP contribution in [-0.4, -0.2) is 70.9 Å². The van der Waals surface area contributed by atoms with Gasteiger partial charge in [-0.1, -0.05) is 34.6 Å². The van der Waals surface area contributed by atoms with Crippen LogP contribution >= 0.6 is 21.6 Å². The lowest BCUT2D eigenvalue weighted by Crippen LogP contribution is -2.20. The molecule has 1 aliphatic heterocycles. The van der Waals surface area contributed by atoms with E-state index < -0.39 is 0 Å². The van der Waals surface area contributed by atoms with Gasteiger partial charge in [0.05, 0.1) is 46.2 Å². The Balaban J connectivity index is 1.73. The van der Waals surface area contributed by atoms with E-state index in [9.17, 15) is 0 Å². The third-order valence-corrected chi connectivity index (χ3v) is 6.79. The van der Waals surface area contributed by atoms with Gasteiger partial charge in [-0.2, -0.15) is 0 Å². The van der Waals surface area contributed by atoms with Crippen LogP contribution in [-0.2, 0) is 18.9 Å². The molecular formula is C18H35NO4S2. The lowest BCUT2D eigenvalue weighted by molar-refractivity contribution is 0.00425. The van der Waals surface area contributed by atoms with Crippen molar-refractivity contribution in [1.29, 1.82) is 0 Å². The van der Waals surface area contributed by atoms with Gasteiger partial charge in [0.2, 0.25) is 0 Å². The molecule has 1 aliphatic rings. The zero-order valence-corrected chi connectivity index (χ0v) is 17.3. The van der Waals surface area contributed by atoms with Crippen molar-refractivity contribution in [2.75, 3.05) is 65.7 Å². The van der Waals surface area contributed by atoms with Crippen LogP contribution < -0.4 is 5.32 Å². The van der Waals surface area contributed by atoms with Gasteiger partial charge in [0.15, 0.2) is 0 Å². The first kappa shape index (κ1) is 23.1. The topological polar surface area (TPSA) is 49.0 Å². The van der Waals surface area contributed by atoms with E-state index in [1.807, 2.05) is 10.8 Å². The maximum absolute atomic E-state index is 5.53. The Morgan fingerprint density at radius 3 is 2.32 bits per heavy atom. The molecule has 0 aliphatic carbocycles. The van der Waals surface area contributed by atoms with E-state index in [0.29, 0.717) is 46.2 Å². The normalized spacial score (nSPS) is 17.1. The molecule has 5 nitrogen and oxygen atoms in total. The quantitative estimate of drug-likeness (QED) is 0.282. The Labute approximate surface area is 161 Å². The van der Waals surface area contributed by atoms with E-state index in [-0.39, 0.29) is 0 Å². The number of allylic oxidation sites excluding steroid dienone is 1. The fourth-order valence-corrected chi connectivity index (χ4v) is 5.38. The van der Waals surface area contributed by atoms with Crippen LogP contribution in [0.2, 0.25) is 0 Å². The number of unbranched alkanes of at least 4 members (excludes halogenated alkanes) is 1. The van der Waals surface area contributed by atoms with Crippen LogP contribution in [0.5, 0.6) is 0 Å². The first-order valence-electron chi connectivity index (χ1n) is 9.25. The van der Waals surface area contributed by atoms with Gasteiger partial charge < -0.3 is 24.3 Å². The standard InChI is InChI=1S/C18H35NO4S2/c1-17(5-3-4-6-18-7-16-24-25-18)19-8-9-21-12-13-23-15-14-22-11-10-20-2/h18-19H,1,3-16H2,2H3. The monoisotopic (exact) mass is 393 g/mol. The molecule has 1 N–H and O–H groups in total. The highest BCUT2D eigenvalue weighted by molar-refractivity contribution is 8.77. The summed E-state index contributed by atoms with van der Waals surface area (Å²) in [7, 11) is 5.76. The maximum Gasteiger partial charge on any atom is 0.0701 e. The Kier molecular flexibility index (Phi) is 16.2. The smallest absolute Gasteiger partial charge is 0.0701 e. The molecule has 0 bridgehead atoms. The third-order valence-electron chi connectivity index (χ3n) is 3.78. The van der Waals surface area contributed by atoms with Gasteiger partial charge in [-0.15, -0.1) is 0 Å². The average Bonchev–Trinajstić information content (AvgIpc) is 3.13. The fourth-order valence-electron chi connectivity index (χ4n) is 2.35. The van der Waals surface area contributed by atoms with Crippen LogP contribution in [0, 0.1) is 0 Å². The molecule has 1 atom stereocenters. The highest BCUT2D eigenvalue weighted by atomic mass is 33.1. The van der Waals surface area contributed by atoms with E-state index in [4.69, 9.17) is 18.9 Å². The summed E-state index contributed by atoms with van der Waals surface area (Å²) in [4.78, 5) is 0. The summed E-state index contributed by atoms with van der Waals surface area (Å²) >= 11 is 0. The largest absolute Gasteiger partial charge is 0.387 e. The summed E-state index contributed by atoms with van der Waals surface area (Å²) in [5, 5.41) is 4.23. The first-order chi connectivity index (χ1) is 12.3. The minimum atomic E-state index is 0.597. The number of hydrogen-bond donors (Lipinski definition) is 1. The van der Waals surface area contributed by atoms with Gasteiger partial charge >= 0.3 is 0 Å². The van der Waals surface area contributed by atoms with Crippen LogP contribution in [0.4, 0.5) is 0 Å². The van der Waals surface area contributed by atoms with Gasteiger partial charge in [0.1, 0.15) is 0 Å². The molecule has 1 unspecified atom stereocenters. The minimum Gasteiger partial charge on any atom is -0.387 e. The molecule has 0 aromatic carbocycles. The molecule has 1 heterocycles. The van der Waals surface area contributed by atoms with Crippen LogP contribution in [0.1, 0.15) is 32.1 Å². The molecule has 1 rings (SSSR count). The van der Waals surface area contributed by atoms with Crippen molar-refractivity contribution in [3.8, 4) is 0 Å². The van der Waals surface area contributed by atoms with Crippen LogP contribution in [0.3, 0.4) is 0 Å². The zero-order valence-electron chi connectivity index (χ0n) is 15.6. The summed E-state index contributed by atoms with van der Waals surface area (Å²) in [5.74, 6) is 1.33. The van der Waals surface area contributed by atoms with Crippen molar-refractivity contribution in [3.63, 3.8) is 0 Å².